The van der Waals surface area contributed by atoms with Crippen LogP contribution in [0.3, 0.4) is 0 Å². The highest BCUT2D eigenvalue weighted by atomic mass is 16.5. The Morgan fingerprint density at radius 2 is 2.00 bits per heavy atom. The van der Waals surface area contributed by atoms with E-state index in [2.05, 4.69) is 16.0 Å². The summed E-state index contributed by atoms with van der Waals surface area (Å²) in [5.41, 5.74) is 0. The summed E-state index contributed by atoms with van der Waals surface area (Å²) < 4.78 is 5.48. The fraction of sp³-hybridized carbons (Fsp3) is 0.917. The summed E-state index contributed by atoms with van der Waals surface area (Å²) in [6, 6.07) is 0.0880. The molecule has 0 aromatic rings. The summed E-state index contributed by atoms with van der Waals surface area (Å²) in [4.78, 5) is 11.4. The van der Waals surface area contributed by atoms with Crippen LogP contribution < -0.4 is 16.0 Å². The molecule has 0 aliphatic carbocycles. The lowest BCUT2D eigenvalue weighted by Gasteiger charge is -2.20. The smallest absolute Gasteiger partial charge is 0.315 e. The Kier molecular flexibility index (Phi) is 5.84. The van der Waals surface area contributed by atoms with Crippen molar-refractivity contribution >= 4 is 6.03 Å². The fourth-order valence-electron chi connectivity index (χ4n) is 1.94. The molecular weight excluding hydrogens is 234 g/mol. The summed E-state index contributed by atoms with van der Waals surface area (Å²) in [7, 11) is 0. The maximum Gasteiger partial charge on any atom is 0.315 e. The third-order valence-corrected chi connectivity index (χ3v) is 2.71. The van der Waals surface area contributed by atoms with Crippen molar-refractivity contribution in [3.63, 3.8) is 0 Å². The summed E-state index contributed by atoms with van der Waals surface area (Å²) in [5, 5.41) is 18.7. The van der Waals surface area contributed by atoms with Gasteiger partial charge in [0.15, 0.2) is 0 Å². The molecule has 0 aromatic carbocycles. The molecule has 1 rings (SSSR count). The molecule has 1 saturated heterocycles. The van der Waals surface area contributed by atoms with E-state index in [1.807, 2.05) is 27.7 Å². The van der Waals surface area contributed by atoms with Gasteiger partial charge in [-0.25, -0.2) is 4.79 Å². The van der Waals surface area contributed by atoms with Gasteiger partial charge >= 0.3 is 6.03 Å². The number of amides is 2. The first kappa shape index (κ1) is 15.2. The Balaban J connectivity index is 2.30. The number of nitrogens with one attached hydrogen (secondary N) is 3. The molecule has 2 amide bonds. The van der Waals surface area contributed by atoms with Crippen LogP contribution in [0.1, 0.15) is 27.7 Å². The van der Waals surface area contributed by atoms with Crippen LogP contribution in [0.25, 0.3) is 0 Å². The highest BCUT2D eigenvalue weighted by Crippen LogP contribution is 2.14. The summed E-state index contributed by atoms with van der Waals surface area (Å²) in [6.07, 6.45) is -0.939. The van der Waals surface area contributed by atoms with Crippen LogP contribution in [0.4, 0.5) is 4.79 Å². The van der Waals surface area contributed by atoms with E-state index in [-0.39, 0.29) is 24.2 Å². The van der Waals surface area contributed by atoms with Crippen molar-refractivity contribution < 1.29 is 14.6 Å². The minimum absolute atomic E-state index is 0.0649. The zero-order valence-electron chi connectivity index (χ0n) is 11.6. The van der Waals surface area contributed by atoms with Crippen LogP contribution >= 0.6 is 0 Å². The average Bonchev–Trinajstić information content (AvgIpc) is 2.56. The molecule has 1 heterocycles. The van der Waals surface area contributed by atoms with E-state index in [4.69, 9.17) is 4.74 Å². The number of carbonyl (C=O) groups is 1. The van der Waals surface area contributed by atoms with Crippen molar-refractivity contribution in [1.82, 2.24) is 16.0 Å². The molecule has 6 nitrogen and oxygen atoms in total. The molecule has 6 heteroatoms. The normalized spacial score (nSPS) is 27.8. The van der Waals surface area contributed by atoms with Gasteiger partial charge in [0.1, 0.15) is 6.10 Å². The van der Waals surface area contributed by atoms with Gasteiger partial charge in [-0.05, 0) is 13.8 Å². The first-order valence-electron chi connectivity index (χ1n) is 6.50. The zero-order valence-corrected chi connectivity index (χ0v) is 11.6. The predicted molar refractivity (Wildman–Crippen MR) is 69.5 cm³/mol. The molecule has 1 fully saturated rings. The Morgan fingerprint density at radius 3 is 2.56 bits per heavy atom. The van der Waals surface area contributed by atoms with Crippen molar-refractivity contribution in [1.29, 1.82) is 0 Å². The van der Waals surface area contributed by atoms with E-state index in [1.54, 1.807) is 0 Å². The second-order valence-corrected chi connectivity index (χ2v) is 5.30. The van der Waals surface area contributed by atoms with Gasteiger partial charge in [0.2, 0.25) is 0 Å². The van der Waals surface area contributed by atoms with Crippen LogP contribution in [0.5, 0.6) is 0 Å². The summed E-state index contributed by atoms with van der Waals surface area (Å²) in [5.74, 6) is 0. The van der Waals surface area contributed by atoms with E-state index >= 15 is 0 Å². The number of carbonyl (C=O) groups excluding carboxylic acids is 1. The van der Waals surface area contributed by atoms with E-state index in [9.17, 15) is 9.90 Å². The highest BCUT2D eigenvalue weighted by molar-refractivity contribution is 5.74. The Hall–Kier alpha value is -0.850. The lowest BCUT2D eigenvalue weighted by atomic mass is 10.1. The van der Waals surface area contributed by atoms with Gasteiger partial charge in [-0.15, -0.1) is 0 Å². The van der Waals surface area contributed by atoms with Gasteiger partial charge < -0.3 is 25.8 Å². The van der Waals surface area contributed by atoms with E-state index < -0.39 is 6.10 Å². The monoisotopic (exact) mass is 259 g/mol. The number of hydrogen-bond acceptors (Lipinski definition) is 4. The fourth-order valence-corrected chi connectivity index (χ4v) is 1.94. The Bertz CT molecular complexity index is 271. The molecule has 4 N–H and O–H groups in total. The lowest BCUT2D eigenvalue weighted by molar-refractivity contribution is 0.0423. The minimum Gasteiger partial charge on any atom is -0.389 e. The Labute approximate surface area is 108 Å². The molecule has 106 valence electrons. The van der Waals surface area contributed by atoms with Crippen molar-refractivity contribution in [3.8, 4) is 0 Å². The lowest BCUT2D eigenvalue weighted by Crippen LogP contribution is -2.48. The van der Waals surface area contributed by atoms with Gasteiger partial charge in [-0.2, -0.15) is 0 Å². The van der Waals surface area contributed by atoms with E-state index in [0.29, 0.717) is 19.2 Å². The molecule has 0 radical (unpaired) electrons. The molecule has 0 aromatic heterocycles. The Morgan fingerprint density at radius 1 is 1.33 bits per heavy atom. The molecule has 18 heavy (non-hydrogen) atoms. The van der Waals surface area contributed by atoms with Crippen LogP contribution in [0, 0.1) is 0 Å². The molecular formula is C12H25N3O3. The number of aliphatic hydroxyl groups excluding tert-OH is 1. The number of urea groups is 1. The van der Waals surface area contributed by atoms with Crippen LogP contribution in [0.2, 0.25) is 0 Å². The number of hydrogen-bond donors (Lipinski definition) is 4. The first-order chi connectivity index (χ1) is 8.40. The topological polar surface area (TPSA) is 82.6 Å². The van der Waals surface area contributed by atoms with E-state index in [0.717, 1.165) is 0 Å². The number of rotatable bonds is 5. The third-order valence-electron chi connectivity index (χ3n) is 2.71. The molecule has 3 atom stereocenters. The van der Waals surface area contributed by atoms with Crippen molar-refractivity contribution in [3.05, 3.63) is 0 Å². The van der Waals surface area contributed by atoms with Crippen molar-refractivity contribution in [2.24, 2.45) is 0 Å². The molecule has 0 bridgehead atoms. The summed E-state index contributed by atoms with van der Waals surface area (Å²) in [6.45, 7) is 8.61. The second-order valence-electron chi connectivity index (χ2n) is 5.30. The maximum atomic E-state index is 11.4. The minimum atomic E-state index is -0.591. The van der Waals surface area contributed by atoms with Gasteiger partial charge in [0, 0.05) is 18.6 Å². The maximum absolute atomic E-state index is 11.4. The predicted octanol–water partition coefficient (Wildman–Crippen LogP) is -0.180. The van der Waals surface area contributed by atoms with Crippen LogP contribution in [-0.2, 0) is 4.74 Å². The SMILES string of the molecule is CC(C)NC(=O)NCC1OCC(NC(C)C)C1O. The largest absolute Gasteiger partial charge is 0.389 e. The molecule has 1 aliphatic rings. The highest BCUT2D eigenvalue weighted by Gasteiger charge is 2.35. The average molecular weight is 259 g/mol. The standard InChI is InChI=1S/C12H25N3O3/c1-7(2)14-9-6-18-10(11(9)16)5-13-12(17)15-8(3)4/h7-11,14,16H,5-6H2,1-4H3,(H2,13,15,17). The van der Waals surface area contributed by atoms with Crippen LogP contribution in [0.15, 0.2) is 0 Å². The first-order valence-corrected chi connectivity index (χ1v) is 6.50. The van der Waals surface area contributed by atoms with Crippen molar-refractivity contribution in [2.45, 2.75) is 58.0 Å². The molecule has 0 saturated carbocycles. The van der Waals surface area contributed by atoms with Crippen molar-refractivity contribution in [2.75, 3.05) is 13.2 Å². The van der Waals surface area contributed by atoms with Crippen LogP contribution in [-0.4, -0.2) is 54.6 Å². The molecule has 3 unspecified atom stereocenters. The second kappa shape index (κ2) is 6.92. The third kappa shape index (κ3) is 4.80. The molecule has 1 aliphatic heterocycles. The van der Waals surface area contributed by atoms with Gasteiger partial charge in [-0.3, -0.25) is 0 Å². The van der Waals surface area contributed by atoms with Gasteiger partial charge in [0.25, 0.3) is 0 Å². The van der Waals surface area contributed by atoms with Gasteiger partial charge in [-0.1, -0.05) is 13.8 Å². The zero-order chi connectivity index (χ0) is 13.7. The molecule has 0 spiro atoms. The number of ether oxygens (including phenoxy) is 1. The number of aliphatic hydroxyl groups is 1. The van der Waals surface area contributed by atoms with E-state index in [1.165, 1.54) is 0 Å². The van der Waals surface area contributed by atoms with Gasteiger partial charge in [0.05, 0.1) is 18.8 Å². The summed E-state index contributed by atoms with van der Waals surface area (Å²) >= 11 is 0. The quantitative estimate of drug-likeness (QED) is 0.552.